The van der Waals surface area contributed by atoms with Crippen LogP contribution in [0.4, 0.5) is 13.2 Å². The van der Waals surface area contributed by atoms with E-state index in [-0.39, 0.29) is 12.0 Å². The standard InChI is InChI=1S/C11H16F3N3S/c1-6-3-2-4-7(6)9(17-15)8-5-16-10(18-8)11(12,13)14/h5-7,9,17H,2-4,15H2,1H3. The Hall–Kier alpha value is -0.660. The average Bonchev–Trinajstić information content (AvgIpc) is 2.89. The molecule has 0 radical (unpaired) electrons. The molecule has 1 fully saturated rings. The molecule has 0 aliphatic heterocycles. The molecule has 1 saturated carbocycles. The molecule has 0 aromatic carbocycles. The molecule has 0 spiro atoms. The fourth-order valence-electron chi connectivity index (χ4n) is 2.65. The van der Waals surface area contributed by atoms with Crippen LogP contribution in [0.2, 0.25) is 0 Å². The molecule has 3 nitrogen and oxygen atoms in total. The molecule has 1 heterocycles. The van der Waals surface area contributed by atoms with Gasteiger partial charge in [-0.15, -0.1) is 11.3 Å². The van der Waals surface area contributed by atoms with E-state index >= 15 is 0 Å². The molecule has 1 aliphatic carbocycles. The Morgan fingerprint density at radius 3 is 2.67 bits per heavy atom. The summed E-state index contributed by atoms with van der Waals surface area (Å²) in [6.45, 7) is 2.12. The number of nitrogens with two attached hydrogens (primary N) is 1. The molecule has 3 atom stereocenters. The third kappa shape index (κ3) is 2.67. The number of alkyl halides is 3. The lowest BCUT2D eigenvalue weighted by atomic mass is 9.90. The minimum absolute atomic E-state index is 0.226. The highest BCUT2D eigenvalue weighted by Gasteiger charge is 2.37. The van der Waals surface area contributed by atoms with E-state index in [4.69, 9.17) is 5.84 Å². The van der Waals surface area contributed by atoms with Crippen molar-refractivity contribution in [1.29, 1.82) is 0 Å². The first-order valence-corrected chi connectivity index (χ1v) is 6.74. The van der Waals surface area contributed by atoms with Crippen LogP contribution in [0, 0.1) is 11.8 Å². The maximum absolute atomic E-state index is 12.5. The van der Waals surface area contributed by atoms with Gasteiger partial charge >= 0.3 is 6.18 Å². The number of nitrogens with one attached hydrogen (secondary N) is 1. The van der Waals surface area contributed by atoms with Gasteiger partial charge < -0.3 is 0 Å². The van der Waals surface area contributed by atoms with Crippen LogP contribution in [0.5, 0.6) is 0 Å². The highest BCUT2D eigenvalue weighted by Crippen LogP contribution is 2.42. The Kier molecular flexibility index (Phi) is 3.93. The topological polar surface area (TPSA) is 50.9 Å². The lowest BCUT2D eigenvalue weighted by molar-refractivity contribution is -0.137. The fraction of sp³-hybridized carbons (Fsp3) is 0.727. The van der Waals surface area contributed by atoms with Crippen molar-refractivity contribution in [2.75, 3.05) is 0 Å². The van der Waals surface area contributed by atoms with Gasteiger partial charge in [0.1, 0.15) is 0 Å². The largest absolute Gasteiger partial charge is 0.443 e. The van der Waals surface area contributed by atoms with Crippen LogP contribution < -0.4 is 11.3 Å². The van der Waals surface area contributed by atoms with Crippen LogP contribution >= 0.6 is 11.3 Å². The summed E-state index contributed by atoms with van der Waals surface area (Å²) in [4.78, 5) is 4.02. The van der Waals surface area contributed by atoms with Crippen LogP contribution in [0.15, 0.2) is 6.20 Å². The number of hydrazine groups is 1. The summed E-state index contributed by atoms with van der Waals surface area (Å²) < 4.78 is 37.6. The van der Waals surface area contributed by atoms with Gasteiger partial charge in [0.25, 0.3) is 0 Å². The van der Waals surface area contributed by atoms with Gasteiger partial charge in [-0.3, -0.25) is 11.3 Å². The molecule has 18 heavy (non-hydrogen) atoms. The van der Waals surface area contributed by atoms with Crippen molar-refractivity contribution < 1.29 is 13.2 Å². The Balaban J connectivity index is 2.20. The van der Waals surface area contributed by atoms with E-state index in [2.05, 4.69) is 17.3 Å². The van der Waals surface area contributed by atoms with Crippen molar-refractivity contribution >= 4 is 11.3 Å². The summed E-state index contributed by atoms with van der Waals surface area (Å²) in [7, 11) is 0. The number of thiazole rings is 1. The molecule has 3 N–H and O–H groups in total. The predicted octanol–water partition coefficient (Wildman–Crippen LogP) is 3.10. The molecule has 2 rings (SSSR count). The van der Waals surface area contributed by atoms with Crippen molar-refractivity contribution in [3.63, 3.8) is 0 Å². The first kappa shape index (κ1) is 13.8. The Morgan fingerprint density at radius 1 is 1.50 bits per heavy atom. The lowest BCUT2D eigenvalue weighted by Crippen LogP contribution is -2.34. The summed E-state index contributed by atoms with van der Waals surface area (Å²) in [6, 6.07) is -0.226. The van der Waals surface area contributed by atoms with Gasteiger partial charge in [-0.2, -0.15) is 13.2 Å². The Bertz CT molecular complexity index is 404. The normalized spacial score (nSPS) is 26.5. The number of aromatic nitrogens is 1. The van der Waals surface area contributed by atoms with Gasteiger partial charge in [0.2, 0.25) is 0 Å². The van der Waals surface area contributed by atoms with Crippen molar-refractivity contribution in [3.8, 4) is 0 Å². The summed E-state index contributed by atoms with van der Waals surface area (Å²) in [6.07, 6.45) is 0.129. The molecular weight excluding hydrogens is 263 g/mol. The van der Waals surface area contributed by atoms with Gasteiger partial charge in [0.15, 0.2) is 5.01 Å². The van der Waals surface area contributed by atoms with Gasteiger partial charge in [-0.05, 0) is 18.3 Å². The summed E-state index contributed by atoms with van der Waals surface area (Å²) >= 11 is 0.683. The quantitative estimate of drug-likeness (QED) is 0.660. The molecule has 1 aromatic heterocycles. The number of hydrogen-bond donors (Lipinski definition) is 2. The second-order valence-corrected chi connectivity index (χ2v) is 5.84. The van der Waals surface area contributed by atoms with Crippen molar-refractivity contribution in [3.05, 3.63) is 16.1 Å². The second kappa shape index (κ2) is 5.14. The lowest BCUT2D eigenvalue weighted by Gasteiger charge is -2.24. The average molecular weight is 279 g/mol. The number of halogens is 3. The van der Waals surface area contributed by atoms with Crippen LogP contribution in [-0.4, -0.2) is 4.98 Å². The van der Waals surface area contributed by atoms with Crippen LogP contribution in [-0.2, 0) is 6.18 Å². The van der Waals surface area contributed by atoms with Crippen molar-refractivity contribution in [1.82, 2.24) is 10.4 Å². The third-order valence-electron chi connectivity index (χ3n) is 3.61. The zero-order valence-electron chi connectivity index (χ0n) is 10.00. The summed E-state index contributed by atoms with van der Waals surface area (Å²) in [5.41, 5.74) is 2.66. The highest BCUT2D eigenvalue weighted by molar-refractivity contribution is 7.11. The highest BCUT2D eigenvalue weighted by atomic mass is 32.1. The van der Waals surface area contributed by atoms with Gasteiger partial charge in [0.05, 0.1) is 6.04 Å². The van der Waals surface area contributed by atoms with E-state index in [0.717, 1.165) is 19.3 Å². The molecule has 102 valence electrons. The van der Waals surface area contributed by atoms with Gasteiger partial charge in [0, 0.05) is 11.1 Å². The summed E-state index contributed by atoms with van der Waals surface area (Å²) in [5.74, 6) is 6.28. The van der Waals surface area contributed by atoms with Crippen LogP contribution in [0.25, 0.3) is 0 Å². The van der Waals surface area contributed by atoms with E-state index in [1.54, 1.807) is 0 Å². The van der Waals surface area contributed by atoms with Crippen LogP contribution in [0.1, 0.15) is 42.1 Å². The molecule has 0 saturated heterocycles. The number of rotatable bonds is 3. The molecule has 1 aliphatic rings. The molecule has 3 unspecified atom stereocenters. The van der Waals surface area contributed by atoms with Gasteiger partial charge in [-0.1, -0.05) is 19.8 Å². The van der Waals surface area contributed by atoms with Crippen LogP contribution in [0.3, 0.4) is 0 Å². The molecule has 7 heteroatoms. The molecule has 0 amide bonds. The zero-order chi connectivity index (χ0) is 13.3. The number of hydrogen-bond acceptors (Lipinski definition) is 4. The third-order valence-corrected chi connectivity index (χ3v) is 4.73. The SMILES string of the molecule is CC1CCCC1C(NN)c1cnc(C(F)(F)F)s1. The summed E-state index contributed by atoms with van der Waals surface area (Å²) in [5, 5.41) is -0.802. The maximum atomic E-state index is 12.5. The predicted molar refractivity (Wildman–Crippen MR) is 63.7 cm³/mol. The second-order valence-electron chi connectivity index (χ2n) is 4.78. The Morgan fingerprint density at radius 2 is 2.22 bits per heavy atom. The van der Waals surface area contributed by atoms with Crippen molar-refractivity contribution in [2.24, 2.45) is 17.7 Å². The smallest absolute Gasteiger partial charge is 0.271 e. The minimum Gasteiger partial charge on any atom is -0.271 e. The molecule has 0 bridgehead atoms. The first-order chi connectivity index (χ1) is 8.43. The molecular formula is C11H16F3N3S. The first-order valence-electron chi connectivity index (χ1n) is 5.92. The van der Waals surface area contributed by atoms with E-state index in [1.807, 2.05) is 0 Å². The van der Waals surface area contributed by atoms with E-state index in [1.165, 1.54) is 6.20 Å². The maximum Gasteiger partial charge on any atom is 0.443 e. The molecule has 1 aromatic rings. The zero-order valence-corrected chi connectivity index (χ0v) is 10.8. The van der Waals surface area contributed by atoms with Crippen molar-refractivity contribution in [2.45, 2.75) is 38.4 Å². The van der Waals surface area contributed by atoms with E-state index in [9.17, 15) is 13.2 Å². The van der Waals surface area contributed by atoms with E-state index < -0.39 is 11.2 Å². The van der Waals surface area contributed by atoms with Gasteiger partial charge in [-0.25, -0.2) is 4.98 Å². The van der Waals surface area contributed by atoms with E-state index in [0.29, 0.717) is 22.1 Å². The Labute approximate surface area is 108 Å². The fourth-order valence-corrected chi connectivity index (χ4v) is 3.57. The number of nitrogens with zero attached hydrogens (tertiary/aromatic N) is 1. The monoisotopic (exact) mass is 279 g/mol. The minimum atomic E-state index is -4.37.